The number of hydrogen-bond donors (Lipinski definition) is 2. The van der Waals surface area contributed by atoms with E-state index in [0.717, 1.165) is 10.2 Å². The average molecular weight is 319 g/mol. The molecule has 0 spiro atoms. The summed E-state index contributed by atoms with van der Waals surface area (Å²) in [7, 11) is 0. The fourth-order valence-electron chi connectivity index (χ4n) is 1.80. The molecule has 4 heteroatoms. The smallest absolute Gasteiger partial charge is 0.161 e. The number of carbonyl (C=O) groups is 1. The molecule has 0 bridgehead atoms. The van der Waals surface area contributed by atoms with Gasteiger partial charge in [0.2, 0.25) is 0 Å². The predicted octanol–water partition coefficient (Wildman–Crippen LogP) is 3.85. The maximum absolute atomic E-state index is 11.3. The first-order valence-electron chi connectivity index (χ1n) is 5.95. The molecule has 0 aromatic heterocycles. The molecule has 0 aliphatic rings. The molecule has 0 heterocycles. The molecule has 0 amide bonds. The summed E-state index contributed by atoms with van der Waals surface area (Å²) in [6.07, 6.45) is 0. The van der Waals surface area contributed by atoms with Crippen molar-refractivity contribution in [3.63, 3.8) is 0 Å². The van der Waals surface area contributed by atoms with E-state index >= 15 is 0 Å². The van der Waals surface area contributed by atoms with Crippen molar-refractivity contribution < 1.29 is 4.79 Å². The Kier molecular flexibility index (Phi) is 4.22. The van der Waals surface area contributed by atoms with Crippen LogP contribution >= 0.6 is 15.9 Å². The van der Waals surface area contributed by atoms with Crippen molar-refractivity contribution in [3.8, 4) is 0 Å². The van der Waals surface area contributed by atoms with Crippen LogP contribution in [-0.2, 0) is 6.54 Å². The third-order valence-electron chi connectivity index (χ3n) is 2.84. The summed E-state index contributed by atoms with van der Waals surface area (Å²) < 4.78 is 1.06. The van der Waals surface area contributed by atoms with Crippen LogP contribution in [0.1, 0.15) is 22.8 Å². The standard InChI is InChI=1S/C15H15BrN2O/c1-10(19)14-7-6-13(8-15(14)17)18-9-11-2-4-12(16)5-3-11/h2-8,18H,9,17H2,1H3. The monoisotopic (exact) mass is 318 g/mol. The minimum atomic E-state index is -0.0167. The Morgan fingerprint density at radius 2 is 1.89 bits per heavy atom. The van der Waals surface area contributed by atoms with Gasteiger partial charge in [0, 0.05) is 28.0 Å². The summed E-state index contributed by atoms with van der Waals surface area (Å²) in [6.45, 7) is 2.23. The van der Waals surface area contributed by atoms with Crippen molar-refractivity contribution in [1.82, 2.24) is 0 Å². The quantitative estimate of drug-likeness (QED) is 0.665. The van der Waals surface area contributed by atoms with Gasteiger partial charge in [0.05, 0.1) is 0 Å². The highest BCUT2D eigenvalue weighted by atomic mass is 79.9. The van der Waals surface area contributed by atoms with E-state index in [1.807, 2.05) is 30.3 Å². The molecule has 3 nitrogen and oxygen atoms in total. The van der Waals surface area contributed by atoms with E-state index in [1.54, 1.807) is 12.1 Å². The lowest BCUT2D eigenvalue weighted by Crippen LogP contribution is -2.03. The Labute approximate surface area is 121 Å². The minimum absolute atomic E-state index is 0.0167. The third-order valence-corrected chi connectivity index (χ3v) is 3.37. The van der Waals surface area contributed by atoms with Gasteiger partial charge in [0.15, 0.2) is 5.78 Å². The molecule has 0 atom stereocenters. The molecule has 0 aliphatic carbocycles. The summed E-state index contributed by atoms with van der Waals surface area (Å²) in [5.41, 5.74) is 9.00. The van der Waals surface area contributed by atoms with Crippen LogP contribution in [0.2, 0.25) is 0 Å². The lowest BCUT2D eigenvalue weighted by molar-refractivity contribution is 0.101. The molecule has 0 aliphatic heterocycles. The zero-order valence-electron chi connectivity index (χ0n) is 10.6. The lowest BCUT2D eigenvalue weighted by Gasteiger charge is -2.09. The number of carbonyl (C=O) groups excluding carboxylic acids is 1. The fraction of sp³-hybridized carbons (Fsp3) is 0.133. The van der Waals surface area contributed by atoms with Gasteiger partial charge in [-0.25, -0.2) is 0 Å². The highest BCUT2D eigenvalue weighted by Crippen LogP contribution is 2.19. The Bertz CT molecular complexity index is 594. The molecule has 0 radical (unpaired) electrons. The first-order chi connectivity index (χ1) is 9.06. The van der Waals surface area contributed by atoms with Gasteiger partial charge in [-0.2, -0.15) is 0 Å². The molecule has 0 saturated heterocycles. The van der Waals surface area contributed by atoms with E-state index in [0.29, 0.717) is 17.8 Å². The van der Waals surface area contributed by atoms with E-state index in [9.17, 15) is 4.79 Å². The van der Waals surface area contributed by atoms with Gasteiger partial charge < -0.3 is 11.1 Å². The van der Waals surface area contributed by atoms with E-state index in [4.69, 9.17) is 5.73 Å². The number of ketones is 1. The van der Waals surface area contributed by atoms with Crippen LogP contribution in [-0.4, -0.2) is 5.78 Å². The zero-order valence-corrected chi connectivity index (χ0v) is 12.2. The average Bonchev–Trinajstić information content (AvgIpc) is 2.37. The minimum Gasteiger partial charge on any atom is -0.398 e. The van der Waals surface area contributed by atoms with Gasteiger partial charge in [-0.3, -0.25) is 4.79 Å². The second-order valence-electron chi connectivity index (χ2n) is 4.34. The lowest BCUT2D eigenvalue weighted by atomic mass is 10.1. The van der Waals surface area contributed by atoms with Crippen molar-refractivity contribution in [2.75, 3.05) is 11.1 Å². The Morgan fingerprint density at radius 1 is 1.21 bits per heavy atom. The molecule has 0 saturated carbocycles. The summed E-state index contributed by atoms with van der Waals surface area (Å²) >= 11 is 3.40. The zero-order chi connectivity index (χ0) is 13.8. The van der Waals surface area contributed by atoms with Crippen LogP contribution in [0.3, 0.4) is 0 Å². The van der Waals surface area contributed by atoms with Gasteiger partial charge in [-0.05, 0) is 42.8 Å². The van der Waals surface area contributed by atoms with Crippen LogP contribution in [0.25, 0.3) is 0 Å². The van der Waals surface area contributed by atoms with Crippen molar-refractivity contribution in [2.24, 2.45) is 0 Å². The highest BCUT2D eigenvalue weighted by Gasteiger charge is 2.05. The second kappa shape index (κ2) is 5.89. The number of nitrogens with one attached hydrogen (secondary N) is 1. The molecule has 3 N–H and O–H groups in total. The molecule has 2 rings (SSSR count). The molecular weight excluding hydrogens is 304 g/mol. The molecule has 2 aromatic rings. The van der Waals surface area contributed by atoms with E-state index in [1.165, 1.54) is 12.5 Å². The summed E-state index contributed by atoms with van der Waals surface area (Å²) in [5, 5.41) is 3.28. The van der Waals surface area contributed by atoms with Gasteiger partial charge in [-0.1, -0.05) is 28.1 Å². The largest absolute Gasteiger partial charge is 0.398 e. The number of nitrogen functional groups attached to an aromatic ring is 1. The maximum Gasteiger partial charge on any atom is 0.161 e. The number of halogens is 1. The van der Waals surface area contributed by atoms with Crippen molar-refractivity contribution >= 4 is 33.1 Å². The Balaban J connectivity index is 2.06. The number of Topliss-reactive ketones (excluding diaryl/α,β-unsaturated/α-hetero) is 1. The van der Waals surface area contributed by atoms with Gasteiger partial charge >= 0.3 is 0 Å². The first-order valence-corrected chi connectivity index (χ1v) is 6.74. The van der Waals surface area contributed by atoms with Crippen LogP contribution in [0, 0.1) is 0 Å². The van der Waals surface area contributed by atoms with Crippen LogP contribution in [0.5, 0.6) is 0 Å². The van der Waals surface area contributed by atoms with Gasteiger partial charge in [0.1, 0.15) is 0 Å². The molecular formula is C15H15BrN2O. The number of rotatable bonds is 4. The fourth-order valence-corrected chi connectivity index (χ4v) is 2.06. The van der Waals surface area contributed by atoms with Gasteiger partial charge in [0.25, 0.3) is 0 Å². The van der Waals surface area contributed by atoms with Crippen molar-refractivity contribution in [2.45, 2.75) is 13.5 Å². The number of benzene rings is 2. The van der Waals surface area contributed by atoms with Crippen LogP contribution < -0.4 is 11.1 Å². The predicted molar refractivity (Wildman–Crippen MR) is 82.3 cm³/mol. The second-order valence-corrected chi connectivity index (χ2v) is 5.25. The van der Waals surface area contributed by atoms with Gasteiger partial charge in [-0.15, -0.1) is 0 Å². The number of anilines is 2. The number of hydrogen-bond acceptors (Lipinski definition) is 3. The summed E-state index contributed by atoms with van der Waals surface area (Å²) in [4.78, 5) is 11.3. The Hall–Kier alpha value is -1.81. The topological polar surface area (TPSA) is 55.1 Å². The highest BCUT2D eigenvalue weighted by molar-refractivity contribution is 9.10. The SMILES string of the molecule is CC(=O)c1ccc(NCc2ccc(Br)cc2)cc1N. The molecule has 19 heavy (non-hydrogen) atoms. The summed E-state index contributed by atoms with van der Waals surface area (Å²) in [6, 6.07) is 13.5. The molecule has 0 unspecified atom stereocenters. The van der Waals surface area contributed by atoms with E-state index in [2.05, 4.69) is 21.2 Å². The molecule has 2 aromatic carbocycles. The maximum atomic E-state index is 11.3. The third kappa shape index (κ3) is 3.58. The van der Waals surface area contributed by atoms with Crippen molar-refractivity contribution in [1.29, 1.82) is 0 Å². The molecule has 0 fully saturated rings. The van der Waals surface area contributed by atoms with E-state index in [-0.39, 0.29) is 5.78 Å². The molecule has 98 valence electrons. The Morgan fingerprint density at radius 3 is 2.47 bits per heavy atom. The normalized spacial score (nSPS) is 10.2. The summed E-state index contributed by atoms with van der Waals surface area (Å²) in [5.74, 6) is -0.0167. The van der Waals surface area contributed by atoms with Crippen LogP contribution in [0.4, 0.5) is 11.4 Å². The van der Waals surface area contributed by atoms with Crippen molar-refractivity contribution in [3.05, 3.63) is 58.1 Å². The van der Waals surface area contributed by atoms with Crippen LogP contribution in [0.15, 0.2) is 46.9 Å². The number of nitrogens with two attached hydrogens (primary N) is 1. The van der Waals surface area contributed by atoms with E-state index < -0.39 is 0 Å². The first kappa shape index (κ1) is 13.6.